The molecule has 0 radical (unpaired) electrons. The lowest BCUT2D eigenvalue weighted by Crippen LogP contribution is -2.48. The average molecular weight is 221 g/mol. The molecule has 0 spiro atoms. The van der Waals surface area contributed by atoms with Crippen LogP contribution in [0.15, 0.2) is 0 Å². The molecule has 86 valence electrons. The van der Waals surface area contributed by atoms with Crippen molar-refractivity contribution in [3.8, 4) is 0 Å². The monoisotopic (exact) mass is 221 g/mol. The van der Waals surface area contributed by atoms with Crippen LogP contribution in [0.4, 0.5) is 0 Å². The minimum Gasteiger partial charge on any atom is -0.377 e. The molecule has 0 aromatic rings. The molecule has 0 saturated heterocycles. The van der Waals surface area contributed by atoms with Crippen LogP contribution in [-0.2, 0) is 13.3 Å². The van der Waals surface area contributed by atoms with E-state index in [1.807, 2.05) is 0 Å². The van der Waals surface area contributed by atoms with Crippen LogP contribution in [-0.4, -0.2) is 36.2 Å². The van der Waals surface area contributed by atoms with Crippen molar-refractivity contribution in [1.29, 1.82) is 0 Å². The van der Waals surface area contributed by atoms with E-state index in [-0.39, 0.29) is 0 Å². The normalized spacial score (nSPS) is 14.4. The van der Waals surface area contributed by atoms with Gasteiger partial charge in [-0.05, 0) is 19.4 Å². The Kier molecular flexibility index (Phi) is 7.39. The summed E-state index contributed by atoms with van der Waals surface area (Å²) < 4.78 is 16.6. The summed E-state index contributed by atoms with van der Waals surface area (Å²) in [6.07, 6.45) is 1.84. The van der Waals surface area contributed by atoms with Crippen molar-refractivity contribution in [2.75, 3.05) is 27.4 Å². The molecule has 4 nitrogen and oxygen atoms in total. The Morgan fingerprint density at radius 1 is 1.29 bits per heavy atom. The Labute approximate surface area is 88.1 Å². The van der Waals surface area contributed by atoms with Gasteiger partial charge in [-0.15, -0.1) is 0 Å². The molecule has 14 heavy (non-hydrogen) atoms. The van der Waals surface area contributed by atoms with E-state index in [1.165, 1.54) is 0 Å². The van der Waals surface area contributed by atoms with Crippen molar-refractivity contribution in [1.82, 2.24) is 0 Å². The van der Waals surface area contributed by atoms with Gasteiger partial charge in [-0.1, -0.05) is 13.8 Å². The van der Waals surface area contributed by atoms with E-state index >= 15 is 0 Å². The first-order valence-electron chi connectivity index (χ1n) is 5.11. The third kappa shape index (κ3) is 3.66. The van der Waals surface area contributed by atoms with E-state index in [0.717, 1.165) is 12.8 Å². The molecule has 0 rings (SSSR count). The van der Waals surface area contributed by atoms with Crippen LogP contribution in [0.5, 0.6) is 0 Å². The Morgan fingerprint density at radius 3 is 2.21 bits per heavy atom. The SMILES string of the molecule is CCC(C)[Si](OC)(OC)OCCCN. The summed E-state index contributed by atoms with van der Waals surface area (Å²) in [6.45, 7) is 5.46. The van der Waals surface area contributed by atoms with Crippen LogP contribution in [0.25, 0.3) is 0 Å². The van der Waals surface area contributed by atoms with Crippen LogP contribution >= 0.6 is 0 Å². The summed E-state index contributed by atoms with van der Waals surface area (Å²) in [5, 5.41) is 0. The number of rotatable bonds is 8. The zero-order valence-corrected chi connectivity index (χ0v) is 10.7. The van der Waals surface area contributed by atoms with Gasteiger partial charge in [-0.2, -0.15) is 0 Å². The second kappa shape index (κ2) is 7.36. The summed E-state index contributed by atoms with van der Waals surface area (Å²) in [6, 6.07) is 0. The first-order chi connectivity index (χ1) is 6.66. The molecule has 0 saturated carbocycles. The molecule has 0 aliphatic rings. The molecular weight excluding hydrogens is 198 g/mol. The Balaban J connectivity index is 4.21. The van der Waals surface area contributed by atoms with Gasteiger partial charge < -0.3 is 19.0 Å². The van der Waals surface area contributed by atoms with E-state index in [2.05, 4.69) is 13.8 Å². The largest absolute Gasteiger partial charge is 0.503 e. The standard InChI is InChI=1S/C9H23NO3Si/c1-5-9(2)14(11-3,12-4)13-8-6-7-10/h9H,5-8,10H2,1-4H3. The highest BCUT2D eigenvalue weighted by Gasteiger charge is 2.44. The van der Waals surface area contributed by atoms with Crippen molar-refractivity contribution < 1.29 is 13.3 Å². The van der Waals surface area contributed by atoms with Gasteiger partial charge in [-0.3, -0.25) is 0 Å². The molecule has 1 atom stereocenters. The van der Waals surface area contributed by atoms with Gasteiger partial charge in [0.25, 0.3) is 0 Å². The van der Waals surface area contributed by atoms with Gasteiger partial charge in [0, 0.05) is 26.4 Å². The molecular formula is C9H23NO3Si. The van der Waals surface area contributed by atoms with E-state index < -0.39 is 8.80 Å². The Bertz CT molecular complexity index is 142. The fourth-order valence-corrected chi connectivity index (χ4v) is 3.71. The lowest BCUT2D eigenvalue weighted by atomic mass is 10.4. The van der Waals surface area contributed by atoms with Crippen LogP contribution in [0.3, 0.4) is 0 Å². The lowest BCUT2D eigenvalue weighted by Gasteiger charge is -2.31. The van der Waals surface area contributed by atoms with Crippen LogP contribution < -0.4 is 5.73 Å². The zero-order valence-electron chi connectivity index (χ0n) is 9.71. The Morgan fingerprint density at radius 2 is 1.86 bits per heavy atom. The molecule has 0 aromatic heterocycles. The topological polar surface area (TPSA) is 53.7 Å². The number of nitrogens with two attached hydrogens (primary N) is 1. The van der Waals surface area contributed by atoms with Crippen LogP contribution in [0, 0.1) is 0 Å². The van der Waals surface area contributed by atoms with E-state index in [9.17, 15) is 0 Å². The molecule has 0 aliphatic heterocycles. The van der Waals surface area contributed by atoms with E-state index in [4.69, 9.17) is 19.0 Å². The maximum absolute atomic E-state index is 5.74. The quantitative estimate of drug-likeness (QED) is 0.497. The van der Waals surface area contributed by atoms with Gasteiger partial charge in [0.05, 0.1) is 0 Å². The van der Waals surface area contributed by atoms with Crippen molar-refractivity contribution in [3.63, 3.8) is 0 Å². The van der Waals surface area contributed by atoms with Crippen molar-refractivity contribution in [2.45, 2.75) is 32.2 Å². The highest BCUT2D eigenvalue weighted by Crippen LogP contribution is 2.27. The smallest absolute Gasteiger partial charge is 0.377 e. The Hall–Kier alpha value is 0.0569. The van der Waals surface area contributed by atoms with Crippen molar-refractivity contribution in [2.24, 2.45) is 5.73 Å². The van der Waals surface area contributed by atoms with Crippen LogP contribution in [0.2, 0.25) is 5.54 Å². The van der Waals surface area contributed by atoms with E-state index in [1.54, 1.807) is 14.2 Å². The lowest BCUT2D eigenvalue weighted by molar-refractivity contribution is 0.0877. The summed E-state index contributed by atoms with van der Waals surface area (Å²) in [4.78, 5) is 0. The first-order valence-corrected chi connectivity index (χ1v) is 6.91. The molecule has 0 amide bonds. The molecule has 1 unspecified atom stereocenters. The maximum atomic E-state index is 5.74. The second-order valence-electron chi connectivity index (χ2n) is 3.31. The third-order valence-electron chi connectivity index (χ3n) is 2.44. The maximum Gasteiger partial charge on any atom is 0.503 e. The van der Waals surface area contributed by atoms with Crippen molar-refractivity contribution in [3.05, 3.63) is 0 Å². The minimum atomic E-state index is -2.44. The zero-order chi connectivity index (χ0) is 11.0. The predicted octanol–water partition coefficient (Wildman–Crippen LogP) is 1.38. The second-order valence-corrected chi connectivity index (χ2v) is 6.61. The van der Waals surface area contributed by atoms with Crippen molar-refractivity contribution >= 4 is 8.80 Å². The summed E-state index contributed by atoms with van der Waals surface area (Å²) >= 11 is 0. The molecule has 0 fully saturated rings. The van der Waals surface area contributed by atoms with Gasteiger partial charge in [0.1, 0.15) is 0 Å². The molecule has 0 bridgehead atoms. The molecule has 5 heteroatoms. The molecule has 2 N–H and O–H groups in total. The van der Waals surface area contributed by atoms with E-state index in [0.29, 0.717) is 18.7 Å². The summed E-state index contributed by atoms with van der Waals surface area (Å²) in [7, 11) is 0.875. The highest BCUT2D eigenvalue weighted by atomic mass is 28.4. The molecule has 0 aliphatic carbocycles. The molecule has 0 heterocycles. The van der Waals surface area contributed by atoms with Crippen LogP contribution in [0.1, 0.15) is 26.7 Å². The molecule has 0 aromatic carbocycles. The van der Waals surface area contributed by atoms with Gasteiger partial charge in [-0.25, -0.2) is 0 Å². The van der Waals surface area contributed by atoms with Gasteiger partial charge in [0.15, 0.2) is 0 Å². The fraction of sp³-hybridized carbons (Fsp3) is 1.00. The fourth-order valence-electron chi connectivity index (χ4n) is 1.29. The highest BCUT2D eigenvalue weighted by molar-refractivity contribution is 6.62. The first kappa shape index (κ1) is 14.1. The van der Waals surface area contributed by atoms with Gasteiger partial charge in [0.2, 0.25) is 0 Å². The summed E-state index contributed by atoms with van der Waals surface area (Å²) in [5.74, 6) is 0. The van der Waals surface area contributed by atoms with Gasteiger partial charge >= 0.3 is 8.80 Å². The summed E-state index contributed by atoms with van der Waals surface area (Å²) in [5.41, 5.74) is 5.73. The number of hydrogen-bond acceptors (Lipinski definition) is 4. The third-order valence-corrected chi connectivity index (χ3v) is 5.80. The average Bonchev–Trinajstić information content (AvgIpc) is 2.24. The predicted molar refractivity (Wildman–Crippen MR) is 59.1 cm³/mol. The minimum absolute atomic E-state index is 0.329. The number of hydrogen-bond donors (Lipinski definition) is 1.